The smallest absolute Gasteiger partial charge is 0.255 e. The van der Waals surface area contributed by atoms with Crippen molar-refractivity contribution in [1.82, 2.24) is 19.6 Å². The van der Waals surface area contributed by atoms with Crippen LogP contribution in [0.3, 0.4) is 0 Å². The largest absolute Gasteiger partial charge is 0.394 e. The van der Waals surface area contributed by atoms with Gasteiger partial charge in [0.2, 0.25) is 0 Å². The predicted octanol–water partition coefficient (Wildman–Crippen LogP) is 1.21. The molecular weight excluding hydrogens is 242 g/mol. The number of nitrogens with one attached hydrogen (secondary N) is 1. The Morgan fingerprint density at radius 2 is 2.29 bits per heavy atom. The van der Waals surface area contributed by atoms with Gasteiger partial charge in [-0.3, -0.25) is 0 Å². The number of aromatic nitrogens is 4. The first kappa shape index (κ1) is 12.1. The molecule has 0 bridgehead atoms. The Morgan fingerprint density at radius 1 is 1.53 bits per heavy atom. The summed E-state index contributed by atoms with van der Waals surface area (Å²) >= 11 is 5.89. The molecule has 0 radical (unpaired) electrons. The van der Waals surface area contributed by atoms with E-state index in [2.05, 4.69) is 20.4 Å². The van der Waals surface area contributed by atoms with Gasteiger partial charge in [-0.2, -0.15) is 19.6 Å². The van der Waals surface area contributed by atoms with E-state index in [0.717, 1.165) is 0 Å². The van der Waals surface area contributed by atoms with Crippen LogP contribution in [0.4, 0.5) is 5.82 Å². The average molecular weight is 256 g/mol. The van der Waals surface area contributed by atoms with Gasteiger partial charge in [0.1, 0.15) is 17.3 Å². The van der Waals surface area contributed by atoms with Crippen molar-refractivity contribution in [3.8, 4) is 0 Å². The summed E-state index contributed by atoms with van der Waals surface area (Å²) in [4.78, 5) is 8.00. The molecule has 0 fully saturated rings. The van der Waals surface area contributed by atoms with Crippen LogP contribution in [-0.4, -0.2) is 37.3 Å². The molecule has 0 saturated carbocycles. The molecule has 0 spiro atoms. The molecule has 0 saturated heterocycles. The summed E-state index contributed by atoms with van der Waals surface area (Å²) < 4.78 is 1.55. The first-order valence-corrected chi connectivity index (χ1v) is 5.73. The number of halogens is 1. The molecule has 0 aromatic carbocycles. The van der Waals surface area contributed by atoms with Gasteiger partial charge in [0, 0.05) is 6.07 Å². The number of rotatable bonds is 4. The molecule has 7 heteroatoms. The van der Waals surface area contributed by atoms with Crippen LogP contribution < -0.4 is 5.32 Å². The number of hydrogen-bond donors (Lipinski definition) is 2. The molecule has 92 valence electrons. The quantitative estimate of drug-likeness (QED) is 0.803. The van der Waals surface area contributed by atoms with Gasteiger partial charge >= 0.3 is 0 Å². The molecule has 2 N–H and O–H groups in total. The third-order valence-electron chi connectivity index (χ3n) is 2.56. The molecule has 1 unspecified atom stereocenters. The number of nitrogens with zero attached hydrogens (tertiary/aromatic N) is 4. The Kier molecular flexibility index (Phi) is 3.44. The maximum absolute atomic E-state index is 9.29. The Hall–Kier alpha value is -1.40. The topological polar surface area (TPSA) is 75.3 Å². The number of aliphatic hydroxyl groups excluding tert-OH is 1. The SMILES string of the molecule is CC(C)C(CO)Nc1cc(Cl)nc2ncnn12. The Labute approximate surface area is 104 Å². The summed E-state index contributed by atoms with van der Waals surface area (Å²) in [5, 5.41) is 16.9. The van der Waals surface area contributed by atoms with Crippen LogP contribution in [0.1, 0.15) is 13.8 Å². The van der Waals surface area contributed by atoms with Gasteiger partial charge in [0.05, 0.1) is 12.6 Å². The lowest BCUT2D eigenvalue weighted by Gasteiger charge is -2.21. The average Bonchev–Trinajstić information content (AvgIpc) is 2.72. The van der Waals surface area contributed by atoms with E-state index < -0.39 is 0 Å². The zero-order chi connectivity index (χ0) is 12.4. The predicted molar refractivity (Wildman–Crippen MR) is 65.1 cm³/mol. The molecular formula is C10H14ClN5O. The molecule has 0 aliphatic heterocycles. The molecule has 6 nitrogen and oxygen atoms in total. The van der Waals surface area contributed by atoms with Crippen LogP contribution in [0.2, 0.25) is 5.15 Å². The lowest BCUT2D eigenvalue weighted by molar-refractivity contribution is 0.249. The van der Waals surface area contributed by atoms with Crippen LogP contribution in [0, 0.1) is 5.92 Å². The highest BCUT2D eigenvalue weighted by Gasteiger charge is 2.14. The first-order chi connectivity index (χ1) is 8.11. The van der Waals surface area contributed by atoms with Crippen molar-refractivity contribution in [2.45, 2.75) is 19.9 Å². The normalized spacial score (nSPS) is 13.2. The summed E-state index contributed by atoms with van der Waals surface area (Å²) in [7, 11) is 0. The van der Waals surface area contributed by atoms with Crippen molar-refractivity contribution in [3.05, 3.63) is 17.5 Å². The molecule has 2 aromatic rings. The number of hydrogen-bond acceptors (Lipinski definition) is 5. The van der Waals surface area contributed by atoms with Gasteiger partial charge < -0.3 is 10.4 Å². The van der Waals surface area contributed by atoms with E-state index in [-0.39, 0.29) is 18.6 Å². The fraction of sp³-hybridized carbons (Fsp3) is 0.500. The standard InChI is InChI=1S/C10H14ClN5O/c1-6(2)7(4-17)14-9-3-8(11)15-10-12-5-13-16(9)10/h3,5-7,14,17H,4H2,1-2H3. The summed E-state index contributed by atoms with van der Waals surface area (Å²) in [6.45, 7) is 4.08. The summed E-state index contributed by atoms with van der Waals surface area (Å²) in [6.07, 6.45) is 1.41. The third kappa shape index (κ3) is 2.48. The van der Waals surface area contributed by atoms with Crippen molar-refractivity contribution in [2.75, 3.05) is 11.9 Å². The van der Waals surface area contributed by atoms with Gasteiger partial charge in [-0.25, -0.2) is 0 Å². The van der Waals surface area contributed by atoms with Gasteiger partial charge in [-0.1, -0.05) is 25.4 Å². The van der Waals surface area contributed by atoms with E-state index in [1.165, 1.54) is 6.33 Å². The minimum absolute atomic E-state index is 0.0355. The van der Waals surface area contributed by atoms with Crippen LogP contribution in [0.5, 0.6) is 0 Å². The van der Waals surface area contributed by atoms with E-state index in [1.54, 1.807) is 10.6 Å². The van der Waals surface area contributed by atoms with Gasteiger partial charge in [-0.05, 0) is 5.92 Å². The van der Waals surface area contributed by atoms with E-state index >= 15 is 0 Å². The van der Waals surface area contributed by atoms with Gasteiger partial charge in [-0.15, -0.1) is 0 Å². The highest BCUT2D eigenvalue weighted by atomic mass is 35.5. The van der Waals surface area contributed by atoms with E-state index in [9.17, 15) is 5.11 Å². The van der Waals surface area contributed by atoms with Crippen LogP contribution >= 0.6 is 11.6 Å². The zero-order valence-electron chi connectivity index (χ0n) is 9.63. The fourth-order valence-electron chi connectivity index (χ4n) is 1.50. The number of aliphatic hydroxyl groups is 1. The highest BCUT2D eigenvalue weighted by Crippen LogP contribution is 2.17. The fourth-order valence-corrected chi connectivity index (χ4v) is 1.68. The summed E-state index contributed by atoms with van der Waals surface area (Å²) in [5.41, 5.74) is 0. The second-order valence-corrected chi connectivity index (χ2v) is 4.50. The van der Waals surface area contributed by atoms with Crippen LogP contribution in [0.25, 0.3) is 5.78 Å². The van der Waals surface area contributed by atoms with Crippen molar-refractivity contribution < 1.29 is 5.11 Å². The Morgan fingerprint density at radius 3 is 2.94 bits per heavy atom. The molecule has 0 amide bonds. The lowest BCUT2D eigenvalue weighted by Crippen LogP contribution is -2.30. The molecule has 2 rings (SSSR count). The molecule has 2 heterocycles. The second-order valence-electron chi connectivity index (χ2n) is 4.11. The third-order valence-corrected chi connectivity index (χ3v) is 2.75. The summed E-state index contributed by atoms with van der Waals surface area (Å²) in [6, 6.07) is 1.59. The van der Waals surface area contributed by atoms with Crippen LogP contribution in [0.15, 0.2) is 12.4 Å². The molecule has 2 aromatic heterocycles. The second kappa shape index (κ2) is 4.85. The summed E-state index contributed by atoms with van der Waals surface area (Å²) in [5.74, 6) is 1.39. The highest BCUT2D eigenvalue weighted by molar-refractivity contribution is 6.29. The zero-order valence-corrected chi connectivity index (χ0v) is 10.4. The van der Waals surface area contributed by atoms with Gasteiger partial charge in [0.25, 0.3) is 5.78 Å². The molecule has 1 atom stereocenters. The molecule has 17 heavy (non-hydrogen) atoms. The maximum atomic E-state index is 9.29. The Bertz CT molecular complexity index is 512. The van der Waals surface area contributed by atoms with Gasteiger partial charge in [0.15, 0.2) is 0 Å². The van der Waals surface area contributed by atoms with E-state index in [0.29, 0.717) is 16.7 Å². The maximum Gasteiger partial charge on any atom is 0.255 e. The first-order valence-electron chi connectivity index (χ1n) is 5.35. The monoisotopic (exact) mass is 255 g/mol. The van der Waals surface area contributed by atoms with Crippen molar-refractivity contribution in [3.63, 3.8) is 0 Å². The van der Waals surface area contributed by atoms with Crippen molar-refractivity contribution >= 4 is 23.2 Å². The molecule has 0 aliphatic rings. The molecule has 0 aliphatic carbocycles. The Balaban J connectivity index is 2.37. The minimum atomic E-state index is -0.0686. The van der Waals surface area contributed by atoms with E-state index in [4.69, 9.17) is 11.6 Å². The van der Waals surface area contributed by atoms with E-state index in [1.807, 2.05) is 13.8 Å². The number of fused-ring (bicyclic) bond motifs is 1. The van der Waals surface area contributed by atoms with Crippen LogP contribution in [-0.2, 0) is 0 Å². The van der Waals surface area contributed by atoms with Crippen molar-refractivity contribution in [2.24, 2.45) is 5.92 Å². The number of anilines is 1. The van der Waals surface area contributed by atoms with Crippen molar-refractivity contribution in [1.29, 1.82) is 0 Å². The lowest BCUT2D eigenvalue weighted by atomic mass is 10.1. The minimum Gasteiger partial charge on any atom is -0.394 e.